The van der Waals surface area contributed by atoms with E-state index in [0.717, 1.165) is 28.6 Å². The highest BCUT2D eigenvalue weighted by molar-refractivity contribution is 5.85. The lowest BCUT2D eigenvalue weighted by Gasteiger charge is -2.46. The highest BCUT2D eigenvalue weighted by Crippen LogP contribution is 2.45. The standard InChI is InChI=1S/C33H43F2N3O5/c1-22-17-25-24-9-6-7-10-27(24)36-29(25)30(38(22)19-33(35)20-41-21-33)26-18-23(11-12-28(26)40-5)42-16-15-37(14-8-13-34)31(39)43-32(2,3)4/h6-7,9-12,18,22,30,36H,8,13-17,19-21H2,1-5H3/t22-,30-/m1/s1. The van der Waals surface area contributed by atoms with Gasteiger partial charge in [-0.15, -0.1) is 0 Å². The van der Waals surface area contributed by atoms with Gasteiger partial charge in [-0.25, -0.2) is 9.18 Å². The average molecular weight is 600 g/mol. The highest BCUT2D eigenvalue weighted by Gasteiger charge is 2.46. The minimum Gasteiger partial charge on any atom is -0.496 e. The van der Waals surface area contributed by atoms with Crippen molar-refractivity contribution >= 4 is 17.0 Å². The number of methoxy groups -OCH3 is 1. The van der Waals surface area contributed by atoms with E-state index in [2.05, 4.69) is 28.9 Å². The van der Waals surface area contributed by atoms with Crippen LogP contribution in [-0.4, -0.2) is 91.4 Å². The Morgan fingerprint density at radius 2 is 1.95 bits per heavy atom. The van der Waals surface area contributed by atoms with E-state index < -0.39 is 24.0 Å². The van der Waals surface area contributed by atoms with Gasteiger partial charge in [0.15, 0.2) is 5.67 Å². The van der Waals surface area contributed by atoms with Gasteiger partial charge in [-0.2, -0.15) is 0 Å². The van der Waals surface area contributed by atoms with Crippen LogP contribution in [0.15, 0.2) is 42.5 Å². The fraction of sp³-hybridized carbons (Fsp3) is 0.545. The molecule has 10 heteroatoms. The topological polar surface area (TPSA) is 76.3 Å². The minimum atomic E-state index is -1.41. The van der Waals surface area contributed by atoms with Crippen molar-refractivity contribution in [3.63, 3.8) is 0 Å². The second kappa shape index (κ2) is 12.7. The fourth-order valence-corrected chi connectivity index (χ4v) is 5.99. The van der Waals surface area contributed by atoms with Crippen LogP contribution in [0.5, 0.6) is 11.5 Å². The molecule has 3 aromatic rings. The number of nitrogens with one attached hydrogen (secondary N) is 1. The van der Waals surface area contributed by atoms with Crippen molar-refractivity contribution < 1.29 is 32.5 Å². The molecule has 5 rings (SSSR count). The van der Waals surface area contributed by atoms with Gasteiger partial charge in [0.05, 0.1) is 39.6 Å². The number of hydrogen-bond donors (Lipinski definition) is 1. The quantitative estimate of drug-likeness (QED) is 0.282. The van der Waals surface area contributed by atoms with E-state index in [4.69, 9.17) is 18.9 Å². The zero-order valence-electron chi connectivity index (χ0n) is 25.8. The lowest BCUT2D eigenvalue weighted by Crippen LogP contribution is -2.57. The van der Waals surface area contributed by atoms with Crippen molar-refractivity contribution in [1.82, 2.24) is 14.8 Å². The number of rotatable bonds is 11. The third-order valence-corrected chi connectivity index (χ3v) is 8.04. The van der Waals surface area contributed by atoms with E-state index >= 15 is 4.39 Å². The first-order chi connectivity index (χ1) is 20.5. The second-order valence-electron chi connectivity index (χ2n) is 12.6. The number of fused-ring (bicyclic) bond motifs is 3. The number of aromatic amines is 1. The SMILES string of the molecule is COc1ccc(OCCN(CCCF)C(=O)OC(C)(C)C)cc1[C@@H]1c2[nH]c3ccccc3c2C[C@@H](C)N1CC1(F)COC1. The molecule has 0 aliphatic carbocycles. The lowest BCUT2D eigenvalue weighted by molar-refractivity contribution is -0.147. The number of amides is 1. The number of para-hydroxylation sites is 1. The predicted octanol–water partition coefficient (Wildman–Crippen LogP) is 6.23. The molecule has 1 aromatic heterocycles. The van der Waals surface area contributed by atoms with Gasteiger partial charge in [0.2, 0.25) is 0 Å². The number of nitrogens with zero attached hydrogens (tertiary/aromatic N) is 2. The van der Waals surface area contributed by atoms with Gasteiger partial charge >= 0.3 is 6.09 Å². The number of benzene rings is 2. The monoisotopic (exact) mass is 599 g/mol. The summed E-state index contributed by atoms with van der Waals surface area (Å²) in [5.74, 6) is 1.25. The number of carbonyl (C=O) groups is 1. The van der Waals surface area contributed by atoms with Crippen LogP contribution in [0.1, 0.15) is 57.0 Å². The molecule has 8 nitrogen and oxygen atoms in total. The van der Waals surface area contributed by atoms with Gasteiger partial charge < -0.3 is 28.8 Å². The van der Waals surface area contributed by atoms with Crippen LogP contribution in [0, 0.1) is 0 Å². The van der Waals surface area contributed by atoms with Crippen molar-refractivity contribution in [2.75, 3.05) is 53.2 Å². The number of aromatic nitrogens is 1. The van der Waals surface area contributed by atoms with Gasteiger partial charge in [-0.05, 0) is 70.4 Å². The number of halogens is 2. The molecule has 0 saturated carbocycles. The number of hydrogen-bond acceptors (Lipinski definition) is 6. The van der Waals surface area contributed by atoms with Crippen LogP contribution in [0.3, 0.4) is 0 Å². The molecule has 2 atom stereocenters. The van der Waals surface area contributed by atoms with Crippen LogP contribution in [0.4, 0.5) is 13.6 Å². The van der Waals surface area contributed by atoms with Gasteiger partial charge in [-0.1, -0.05) is 18.2 Å². The first kappa shape index (κ1) is 31.1. The lowest BCUT2D eigenvalue weighted by atomic mass is 9.86. The van der Waals surface area contributed by atoms with Crippen molar-refractivity contribution in [2.45, 2.75) is 63.9 Å². The van der Waals surface area contributed by atoms with Crippen molar-refractivity contribution in [3.8, 4) is 11.5 Å². The Hall–Kier alpha value is -3.37. The summed E-state index contributed by atoms with van der Waals surface area (Å²) in [6.45, 7) is 8.04. The zero-order chi connectivity index (χ0) is 30.8. The molecular weight excluding hydrogens is 556 g/mol. The minimum absolute atomic E-state index is 0.0529. The van der Waals surface area contributed by atoms with Gasteiger partial charge in [-0.3, -0.25) is 9.29 Å². The summed E-state index contributed by atoms with van der Waals surface area (Å²) < 4.78 is 51.3. The van der Waals surface area contributed by atoms with Gasteiger partial charge in [0.25, 0.3) is 0 Å². The maximum Gasteiger partial charge on any atom is 0.410 e. The second-order valence-corrected chi connectivity index (χ2v) is 12.6. The zero-order valence-corrected chi connectivity index (χ0v) is 25.8. The molecule has 0 radical (unpaired) electrons. The smallest absolute Gasteiger partial charge is 0.410 e. The molecular formula is C33H43F2N3O5. The van der Waals surface area contributed by atoms with Crippen molar-refractivity contribution in [2.24, 2.45) is 0 Å². The number of H-pyrrole nitrogens is 1. The fourth-order valence-electron chi connectivity index (χ4n) is 5.99. The summed E-state index contributed by atoms with van der Waals surface area (Å²) in [6.07, 6.45) is 0.499. The molecule has 0 bridgehead atoms. The molecule has 2 aliphatic heterocycles. The summed E-state index contributed by atoms with van der Waals surface area (Å²) >= 11 is 0. The molecule has 43 heavy (non-hydrogen) atoms. The maximum absolute atomic E-state index is 15.6. The maximum atomic E-state index is 15.6. The molecule has 2 aliphatic rings. The highest BCUT2D eigenvalue weighted by atomic mass is 19.1. The van der Waals surface area contributed by atoms with E-state index in [1.165, 1.54) is 10.5 Å². The molecule has 1 amide bonds. The van der Waals surface area contributed by atoms with Crippen molar-refractivity contribution in [3.05, 3.63) is 59.3 Å². The molecule has 1 N–H and O–H groups in total. The summed E-state index contributed by atoms with van der Waals surface area (Å²) in [7, 11) is 1.63. The largest absolute Gasteiger partial charge is 0.496 e. The van der Waals surface area contributed by atoms with E-state index in [9.17, 15) is 9.18 Å². The van der Waals surface area contributed by atoms with Crippen LogP contribution in [0.25, 0.3) is 10.9 Å². The van der Waals surface area contributed by atoms with E-state index in [1.54, 1.807) is 27.9 Å². The molecule has 3 heterocycles. The third-order valence-electron chi connectivity index (χ3n) is 8.04. The van der Waals surface area contributed by atoms with E-state index in [0.29, 0.717) is 11.5 Å². The predicted molar refractivity (Wildman–Crippen MR) is 162 cm³/mol. The summed E-state index contributed by atoms with van der Waals surface area (Å²) in [6, 6.07) is 13.6. The third kappa shape index (κ3) is 6.91. The molecule has 1 saturated heterocycles. The Kier molecular flexibility index (Phi) is 9.18. The van der Waals surface area contributed by atoms with E-state index in [1.807, 2.05) is 30.3 Å². The Morgan fingerprint density at radius 3 is 2.63 bits per heavy atom. The summed E-state index contributed by atoms with van der Waals surface area (Å²) in [5, 5.41) is 1.16. The molecule has 234 valence electrons. The van der Waals surface area contributed by atoms with Crippen molar-refractivity contribution in [1.29, 1.82) is 0 Å². The summed E-state index contributed by atoms with van der Waals surface area (Å²) in [5.41, 5.74) is 2.05. The molecule has 2 aromatic carbocycles. The van der Waals surface area contributed by atoms with Crippen LogP contribution < -0.4 is 9.47 Å². The first-order valence-corrected chi connectivity index (χ1v) is 15.0. The normalized spacial score (nSPS) is 19.9. The van der Waals surface area contributed by atoms with Gasteiger partial charge in [0, 0.05) is 41.3 Å². The Bertz CT molecular complexity index is 1420. The Labute approximate surface area is 252 Å². The molecule has 0 unspecified atom stereocenters. The molecule has 1 fully saturated rings. The Morgan fingerprint density at radius 1 is 1.19 bits per heavy atom. The van der Waals surface area contributed by atoms with E-state index in [-0.39, 0.29) is 58.0 Å². The first-order valence-electron chi connectivity index (χ1n) is 15.0. The Balaban J connectivity index is 1.44. The number of ether oxygens (including phenoxy) is 4. The number of carbonyl (C=O) groups excluding carboxylic acids is 1. The average Bonchev–Trinajstić information content (AvgIpc) is 3.31. The summed E-state index contributed by atoms with van der Waals surface area (Å²) in [4.78, 5) is 20.0. The van der Waals surface area contributed by atoms with Gasteiger partial charge in [0.1, 0.15) is 23.7 Å². The van der Waals surface area contributed by atoms with Crippen LogP contribution in [0.2, 0.25) is 0 Å². The van der Waals surface area contributed by atoms with Crippen LogP contribution in [-0.2, 0) is 15.9 Å². The van der Waals surface area contributed by atoms with Crippen LogP contribution >= 0.6 is 0 Å². The molecule has 0 spiro atoms. The number of alkyl halides is 2.